The molecule has 0 aromatic heterocycles. The molecule has 0 heterocycles. The first-order valence-corrected chi connectivity index (χ1v) is 14.6. The topological polar surface area (TPSA) is 1310 Å². The Morgan fingerprint density at radius 1 is 0.222 bits per heavy atom. The first-order valence-electron chi connectivity index (χ1n) is 6.60. The second-order valence-corrected chi connectivity index (χ2v) is 8.85. The van der Waals surface area contributed by atoms with Crippen molar-refractivity contribution < 1.29 is 276 Å². The first kappa shape index (κ1) is 228. The van der Waals surface area contributed by atoms with E-state index >= 15 is 0 Å². The molecule has 60 heteroatoms. The molecule has 0 rings (SSSR count). The van der Waals surface area contributed by atoms with Crippen LogP contribution in [0.25, 0.3) is 0 Å². The van der Waals surface area contributed by atoms with Crippen molar-refractivity contribution in [3.63, 3.8) is 0 Å². The molecule has 0 saturated heterocycles. The van der Waals surface area contributed by atoms with Gasteiger partial charge in [-0.3, -0.25) is 101 Å². The van der Waals surface area contributed by atoms with E-state index in [-0.39, 0.29) is 172 Å². The Bertz CT molecular complexity index is 1070. The van der Waals surface area contributed by atoms with Gasteiger partial charge in [-0.25, -0.2) is 0 Å². The maximum absolute atomic E-state index is 8.52. The summed E-state index contributed by atoms with van der Waals surface area (Å²) in [6.07, 6.45) is 0. The van der Waals surface area contributed by atoms with Gasteiger partial charge in [0.1, 0.15) is 0 Å². The van der Waals surface area contributed by atoms with Gasteiger partial charge in [-0.05, 0) is 0 Å². The van der Waals surface area contributed by atoms with Crippen molar-refractivity contribution in [1.29, 1.82) is 0 Å². The number of rotatable bonds is 0. The molecule has 72 N–H and O–H groups in total. The summed E-state index contributed by atoms with van der Waals surface area (Å²) in [5, 5.41) is 13.8. The van der Waals surface area contributed by atoms with Gasteiger partial charge in [-0.2, -0.15) is 0 Å². The van der Waals surface area contributed by atoms with E-state index in [2.05, 4.69) is 50.6 Å². The average Bonchev–Trinajstić information content (AvgIpc) is 2.31. The Morgan fingerprint density at radius 2 is 0.222 bits per heavy atom. The summed E-state index contributed by atoms with van der Waals surface area (Å²) in [6, 6.07) is 0. The Morgan fingerprint density at radius 3 is 0.222 bits per heavy atom. The van der Waals surface area contributed by atoms with Crippen LogP contribution in [0.2, 0.25) is 0 Å². The zero-order chi connectivity index (χ0) is 37.7. The van der Waals surface area contributed by atoms with Crippen molar-refractivity contribution in [3.8, 4) is 0 Å². The third-order valence-electron chi connectivity index (χ3n) is 0. The van der Waals surface area contributed by atoms with E-state index in [1.807, 2.05) is 0 Å². The number of hydrogen-bond acceptors (Lipinski definition) is 24. The van der Waals surface area contributed by atoms with Gasteiger partial charge in [0.05, 0.1) is 0 Å². The number of nitrogens with two attached hydrogens (primary N) is 9. The van der Waals surface area contributed by atoms with Crippen LogP contribution in [0.5, 0.6) is 0 Å². The van der Waals surface area contributed by atoms with E-state index in [1.54, 1.807) is 0 Å². The Balaban J connectivity index is -0.00000000667. The minimum atomic E-state index is -5.17. The fourth-order valence-electron chi connectivity index (χ4n) is 0. The average molecular weight is 1250 g/mol. The predicted octanol–water partition coefficient (Wildman–Crippen LogP) is -33.6. The Labute approximate surface area is 388 Å². The number of guanidine groups is 3. The van der Waals surface area contributed by atoms with Crippen LogP contribution >= 0.6 is 0 Å². The minimum absolute atomic E-state index is 0. The largest absolute Gasteiger partial charge is 0.759 e. The third kappa shape index (κ3) is 54000. The molecule has 3 radical (unpaired) electrons. The zero-order valence-corrected chi connectivity index (χ0v) is 39.8. The van der Waals surface area contributed by atoms with Crippen molar-refractivity contribution in [3.05, 3.63) is 0 Å². The molecule has 0 spiro atoms. The Kier molecular flexibility index (Phi) is 409. The molecule has 51 nitrogen and oxygen atoms in total. The SMILES string of the molecule is NC(N)=[NH2+].NC(N)=[NH2+].NC(N)=[NH2+].O=S(=O)([O-])[O-].O=S(=O)([O-])[O-].O=S(=O)([O-])[O-].O=S(=O)([O-])[O-].O=S(=O)([O-])[O-].O=S(=O)([O-])[O-].[OH3+].[OH3+].[OH3+].[OH3+].[OH3+].[OH3+].[OH3+].[OH3+].[OH3+].[OH3+].[OH3+].[OH3+].[OH3+].[OH3+].[OH3+].[OH3+].[OH3+].[OH3+].[V].[V].[V]. The van der Waals surface area contributed by atoms with Crippen LogP contribution in [0.1, 0.15) is 0 Å². The normalized spacial score (nSPS) is 6.67. The monoisotopic (exact) mass is 1250 g/mol. The summed E-state index contributed by atoms with van der Waals surface area (Å²) in [4.78, 5) is 0. The molecular weight excluding hydrogens is 1180 g/mol. The molecule has 0 unspecified atom stereocenters. The maximum Gasteiger partial charge on any atom is 0.336 e. The molecule has 0 aromatic rings. The quantitative estimate of drug-likeness (QED) is 0.0357. The summed E-state index contributed by atoms with van der Waals surface area (Å²) in [7, 11) is -31.0. The molecule has 63 heavy (non-hydrogen) atoms. The minimum Gasteiger partial charge on any atom is -0.759 e. The molecule has 0 amide bonds. The smallest absolute Gasteiger partial charge is 0.336 e. The summed E-state index contributed by atoms with van der Waals surface area (Å²) >= 11 is 0. The van der Waals surface area contributed by atoms with Gasteiger partial charge < -0.3 is 153 Å². The molecule has 423 valence electrons. The van der Waals surface area contributed by atoms with Crippen LogP contribution in [-0.4, -0.2) is 123 Å². The Hall–Kier alpha value is -1.94. The van der Waals surface area contributed by atoms with Gasteiger partial charge in [0, 0.05) is 118 Å². The van der Waals surface area contributed by atoms with Crippen molar-refractivity contribution in [2.75, 3.05) is 0 Å². The third-order valence-corrected chi connectivity index (χ3v) is 0. The maximum atomic E-state index is 8.52. The summed E-state index contributed by atoms with van der Waals surface area (Å²) < 4.78 is 205. The van der Waals surface area contributed by atoms with Crippen LogP contribution in [0.4, 0.5) is 0 Å². The summed E-state index contributed by atoms with van der Waals surface area (Å²) in [5.74, 6) is -0.250. The van der Waals surface area contributed by atoms with Gasteiger partial charge in [0.25, 0.3) is 0 Å². The molecule has 0 aliphatic rings. The molecule has 0 aliphatic heterocycles. The standard InChI is InChI=1S/3CH5N3.6H2O4S.18H2O.3V/c3*2-1(3)4;6*1-5(2,3)4;;;;;;;;;;;;;;;;;;;;;/h3*(H5,2,3,4);6*(H2,1,2,3,4);18*1H2;;;/p+9. The van der Waals surface area contributed by atoms with Crippen LogP contribution in [0.3, 0.4) is 0 Å². The van der Waals surface area contributed by atoms with E-state index < -0.39 is 62.4 Å². The molecule has 0 fully saturated rings. The van der Waals surface area contributed by atoms with Gasteiger partial charge in [0.15, 0.2) is 0 Å². The van der Waals surface area contributed by atoms with Crippen LogP contribution in [0, 0.1) is 0 Å². The van der Waals surface area contributed by atoms with Gasteiger partial charge >= 0.3 is 17.9 Å². The van der Waals surface area contributed by atoms with Crippen LogP contribution in [-0.2, 0) is 217 Å². The zero-order valence-electron chi connectivity index (χ0n) is 30.7. The van der Waals surface area contributed by atoms with Crippen molar-refractivity contribution in [2.45, 2.75) is 0 Å². The van der Waals surface area contributed by atoms with E-state index in [4.69, 9.17) is 105 Å². The second-order valence-electron chi connectivity index (χ2n) is 3.95. The predicted molar refractivity (Wildman–Crippen MR) is 196 cm³/mol. The van der Waals surface area contributed by atoms with Crippen molar-refractivity contribution >= 4 is 80.3 Å². The summed E-state index contributed by atoms with van der Waals surface area (Å²) in [6.45, 7) is 0. The fraction of sp³-hybridized carbons (Fsp3) is 0. The van der Waals surface area contributed by atoms with E-state index in [0.717, 1.165) is 0 Å². The molecule has 0 atom stereocenters. The van der Waals surface area contributed by atoms with E-state index in [1.165, 1.54) is 0 Å². The van der Waals surface area contributed by atoms with Gasteiger partial charge in [-0.15, -0.1) is 0 Å². The van der Waals surface area contributed by atoms with Crippen molar-refractivity contribution in [1.82, 2.24) is 0 Å². The van der Waals surface area contributed by atoms with Crippen molar-refractivity contribution in [2.24, 2.45) is 34.4 Å². The molecule has 0 aliphatic carbocycles. The molecular formula is C3H72N9O42S6V3+9. The second kappa shape index (κ2) is 113. The van der Waals surface area contributed by atoms with Gasteiger partial charge in [-0.1, -0.05) is 0 Å². The number of hydrogen-bond donors (Lipinski definition) is 9. The van der Waals surface area contributed by atoms with Crippen LogP contribution in [0.15, 0.2) is 0 Å². The van der Waals surface area contributed by atoms with E-state index in [9.17, 15) is 0 Å². The molecule has 0 saturated carbocycles. The first-order chi connectivity index (χ1) is 17.2. The summed E-state index contributed by atoms with van der Waals surface area (Å²) in [5.41, 5.74) is 27.5. The fourth-order valence-corrected chi connectivity index (χ4v) is 0. The van der Waals surface area contributed by atoms with Gasteiger partial charge in [0.2, 0.25) is 0 Å². The van der Waals surface area contributed by atoms with Crippen LogP contribution < -0.4 is 50.6 Å². The molecule has 0 aromatic carbocycles. The molecule has 0 bridgehead atoms. The van der Waals surface area contributed by atoms with E-state index in [0.29, 0.717) is 0 Å².